The highest BCUT2D eigenvalue weighted by Crippen LogP contribution is 2.29. The van der Waals surface area contributed by atoms with Crippen molar-refractivity contribution in [2.24, 2.45) is 0 Å². The molecule has 0 aliphatic rings. The number of carbonyl (C=O) groups is 1. The maximum Gasteiger partial charge on any atom is 0.338 e. The van der Waals surface area contributed by atoms with Gasteiger partial charge in [-0.1, -0.05) is 23.2 Å². The molecule has 0 aliphatic heterocycles. The first-order valence-electron chi connectivity index (χ1n) is 6.04. The average Bonchev–Trinajstić information content (AvgIpc) is 2.43. The number of methoxy groups -OCH3 is 1. The number of halogens is 2. The van der Waals surface area contributed by atoms with Crippen LogP contribution in [0.25, 0.3) is 0 Å². The van der Waals surface area contributed by atoms with Gasteiger partial charge in [-0.15, -0.1) is 0 Å². The molecule has 1 aromatic carbocycles. The van der Waals surface area contributed by atoms with Gasteiger partial charge in [-0.05, 0) is 18.6 Å². The van der Waals surface area contributed by atoms with Gasteiger partial charge in [-0.2, -0.15) is 0 Å². The molecule has 20 heavy (non-hydrogen) atoms. The van der Waals surface area contributed by atoms with Gasteiger partial charge in [0, 0.05) is 20.3 Å². The topological polar surface area (TPSA) is 70.8 Å². The molecule has 0 saturated heterocycles. The molecule has 5 nitrogen and oxygen atoms in total. The van der Waals surface area contributed by atoms with E-state index >= 15 is 0 Å². The van der Waals surface area contributed by atoms with Gasteiger partial charge in [0.05, 0.1) is 27.9 Å². The van der Waals surface area contributed by atoms with Gasteiger partial charge in [-0.25, -0.2) is 4.79 Å². The van der Waals surface area contributed by atoms with E-state index in [1.807, 2.05) is 0 Å². The molecule has 0 atom stereocenters. The quantitative estimate of drug-likeness (QED) is 0.453. The van der Waals surface area contributed by atoms with E-state index in [1.165, 1.54) is 12.1 Å². The van der Waals surface area contributed by atoms with Gasteiger partial charge in [0.1, 0.15) is 6.61 Å². The summed E-state index contributed by atoms with van der Waals surface area (Å²) in [5.41, 5.74) is 6.08. The minimum atomic E-state index is -0.519. The Balaban J connectivity index is 2.33. The van der Waals surface area contributed by atoms with Gasteiger partial charge in [-0.3, -0.25) is 0 Å². The molecular weight excluding hydrogens is 305 g/mol. The van der Waals surface area contributed by atoms with Crippen molar-refractivity contribution in [2.75, 3.05) is 39.3 Å². The average molecular weight is 322 g/mol. The Morgan fingerprint density at radius 3 is 2.40 bits per heavy atom. The third-order valence-electron chi connectivity index (χ3n) is 2.41. The number of rotatable bonds is 8. The lowest BCUT2D eigenvalue weighted by atomic mass is 10.2. The Morgan fingerprint density at radius 2 is 1.80 bits per heavy atom. The first-order chi connectivity index (χ1) is 9.56. The minimum Gasteiger partial charge on any atom is -0.460 e. The molecule has 1 aromatic rings. The van der Waals surface area contributed by atoms with Gasteiger partial charge in [0.25, 0.3) is 0 Å². The van der Waals surface area contributed by atoms with Crippen molar-refractivity contribution in [3.8, 4) is 0 Å². The van der Waals surface area contributed by atoms with Crippen molar-refractivity contribution in [3.05, 3.63) is 27.7 Å². The summed E-state index contributed by atoms with van der Waals surface area (Å²) < 4.78 is 15.2. The van der Waals surface area contributed by atoms with Crippen molar-refractivity contribution >= 4 is 34.9 Å². The number of hydrogen-bond donors (Lipinski definition) is 1. The summed E-state index contributed by atoms with van der Waals surface area (Å²) >= 11 is 11.7. The van der Waals surface area contributed by atoms with Gasteiger partial charge in [0.15, 0.2) is 0 Å². The summed E-state index contributed by atoms with van der Waals surface area (Å²) in [5.74, 6) is -0.519. The highest BCUT2D eigenvalue weighted by molar-refractivity contribution is 6.39. The van der Waals surface area contributed by atoms with E-state index in [0.717, 1.165) is 6.42 Å². The van der Waals surface area contributed by atoms with Crippen molar-refractivity contribution < 1.29 is 19.0 Å². The maximum atomic E-state index is 11.7. The number of esters is 1. The summed E-state index contributed by atoms with van der Waals surface area (Å²) in [6, 6.07) is 2.84. The normalized spacial score (nSPS) is 10.6. The van der Waals surface area contributed by atoms with E-state index in [2.05, 4.69) is 0 Å². The van der Waals surface area contributed by atoms with E-state index in [-0.39, 0.29) is 27.9 Å². The van der Waals surface area contributed by atoms with E-state index in [0.29, 0.717) is 19.8 Å². The van der Waals surface area contributed by atoms with Crippen LogP contribution >= 0.6 is 23.2 Å². The molecule has 1 rings (SSSR count). The third kappa shape index (κ3) is 5.54. The molecule has 112 valence electrons. The van der Waals surface area contributed by atoms with Crippen molar-refractivity contribution in [3.63, 3.8) is 0 Å². The molecule has 7 heteroatoms. The fourth-order valence-corrected chi connectivity index (χ4v) is 1.87. The Labute approximate surface area is 127 Å². The Bertz CT molecular complexity index is 431. The second-order valence-electron chi connectivity index (χ2n) is 3.95. The van der Waals surface area contributed by atoms with E-state index in [9.17, 15) is 4.79 Å². The van der Waals surface area contributed by atoms with Gasteiger partial charge < -0.3 is 19.9 Å². The van der Waals surface area contributed by atoms with E-state index in [1.54, 1.807) is 7.11 Å². The Hall–Kier alpha value is -1.01. The minimum absolute atomic E-state index is 0.158. The molecule has 0 aliphatic carbocycles. The lowest BCUT2D eigenvalue weighted by Gasteiger charge is -2.08. The number of carbonyl (C=O) groups excluding carboxylic acids is 1. The smallest absolute Gasteiger partial charge is 0.338 e. The van der Waals surface area contributed by atoms with Crippen LogP contribution in [0.1, 0.15) is 16.8 Å². The summed E-state index contributed by atoms with van der Waals surface area (Å²) in [4.78, 5) is 11.7. The van der Waals surface area contributed by atoms with Crippen LogP contribution in [0, 0.1) is 0 Å². The third-order valence-corrected chi connectivity index (χ3v) is 3.04. The van der Waals surface area contributed by atoms with E-state index < -0.39 is 5.97 Å². The summed E-state index contributed by atoms with van der Waals surface area (Å²) in [5, 5.41) is 0.445. The van der Waals surface area contributed by atoms with Crippen molar-refractivity contribution in [2.45, 2.75) is 6.42 Å². The fraction of sp³-hybridized carbons (Fsp3) is 0.462. The van der Waals surface area contributed by atoms with Gasteiger partial charge >= 0.3 is 5.97 Å². The lowest BCUT2D eigenvalue weighted by molar-refractivity contribution is 0.0288. The van der Waals surface area contributed by atoms with Crippen LogP contribution in [0.4, 0.5) is 5.69 Å². The molecule has 0 unspecified atom stereocenters. The number of nitrogen functional groups attached to an aromatic ring is 1. The van der Waals surface area contributed by atoms with Crippen LogP contribution in [0.3, 0.4) is 0 Å². The molecule has 0 spiro atoms. The number of benzene rings is 1. The van der Waals surface area contributed by atoms with Crippen molar-refractivity contribution in [1.82, 2.24) is 0 Å². The standard InChI is InChI=1S/C13H17Cl2NO4/c1-18-3-2-4-19-5-6-20-13(17)9-7-10(14)12(16)11(15)8-9/h7-8H,2-6,16H2,1H3. The van der Waals surface area contributed by atoms with Crippen LogP contribution in [-0.2, 0) is 14.2 Å². The number of ether oxygens (including phenoxy) is 3. The molecule has 2 N–H and O–H groups in total. The SMILES string of the molecule is COCCCOCCOC(=O)c1cc(Cl)c(N)c(Cl)c1. The zero-order valence-corrected chi connectivity index (χ0v) is 12.7. The van der Waals surface area contributed by atoms with Crippen LogP contribution in [0.2, 0.25) is 10.0 Å². The molecule has 0 fully saturated rings. The highest BCUT2D eigenvalue weighted by Gasteiger charge is 2.12. The van der Waals surface area contributed by atoms with E-state index in [4.69, 9.17) is 43.1 Å². The summed E-state index contributed by atoms with van der Waals surface area (Å²) in [6.07, 6.45) is 0.799. The second-order valence-corrected chi connectivity index (χ2v) is 4.76. The predicted octanol–water partition coefficient (Wildman–Crippen LogP) is 2.79. The maximum absolute atomic E-state index is 11.7. The molecule has 0 radical (unpaired) electrons. The van der Waals surface area contributed by atoms with Crippen LogP contribution < -0.4 is 5.73 Å². The number of anilines is 1. The first kappa shape index (κ1) is 17.0. The summed E-state index contributed by atoms with van der Waals surface area (Å²) in [7, 11) is 1.63. The molecule has 0 amide bonds. The van der Waals surface area contributed by atoms with Crippen LogP contribution in [-0.4, -0.2) is 39.5 Å². The second kappa shape index (κ2) is 9.02. The molecule has 0 aromatic heterocycles. The zero-order valence-electron chi connectivity index (χ0n) is 11.2. The largest absolute Gasteiger partial charge is 0.460 e. The Morgan fingerprint density at radius 1 is 1.15 bits per heavy atom. The number of nitrogens with two attached hydrogens (primary N) is 1. The molecular formula is C13H17Cl2NO4. The monoisotopic (exact) mass is 321 g/mol. The van der Waals surface area contributed by atoms with Crippen LogP contribution in [0.5, 0.6) is 0 Å². The summed E-state index contributed by atoms with van der Waals surface area (Å²) in [6.45, 7) is 1.68. The molecule has 0 heterocycles. The Kier molecular flexibility index (Phi) is 7.69. The zero-order chi connectivity index (χ0) is 15.0. The lowest BCUT2D eigenvalue weighted by Crippen LogP contribution is -2.12. The number of hydrogen-bond acceptors (Lipinski definition) is 5. The van der Waals surface area contributed by atoms with Crippen molar-refractivity contribution in [1.29, 1.82) is 0 Å². The molecule has 0 saturated carbocycles. The fourth-order valence-electron chi connectivity index (χ4n) is 1.39. The highest BCUT2D eigenvalue weighted by atomic mass is 35.5. The van der Waals surface area contributed by atoms with Crippen LogP contribution in [0.15, 0.2) is 12.1 Å². The molecule has 0 bridgehead atoms. The predicted molar refractivity (Wildman–Crippen MR) is 78.5 cm³/mol. The first-order valence-corrected chi connectivity index (χ1v) is 6.80. The van der Waals surface area contributed by atoms with Gasteiger partial charge in [0.2, 0.25) is 0 Å².